The van der Waals surface area contributed by atoms with Crippen molar-refractivity contribution in [3.8, 4) is 0 Å². The average molecular weight is 252 g/mol. The number of methoxy groups -OCH3 is 1. The second-order valence-corrected chi connectivity index (χ2v) is 5.45. The molecule has 1 rings (SSSR count). The molecule has 0 aromatic heterocycles. The molecule has 0 N–H and O–H groups in total. The minimum absolute atomic E-state index is 0.0806. The number of rotatable bonds is 6. The van der Waals surface area contributed by atoms with Crippen LogP contribution in [0.4, 0.5) is 0 Å². The Balaban J connectivity index is 2.96. The zero-order valence-corrected chi connectivity index (χ0v) is 11.9. The maximum absolute atomic E-state index is 11.3. The topological polar surface area (TPSA) is 35.5 Å². The highest BCUT2D eigenvalue weighted by Gasteiger charge is 2.41. The maximum Gasteiger partial charge on any atom is 0.147 e. The molecule has 102 valence electrons. The summed E-state index contributed by atoms with van der Waals surface area (Å²) < 4.78 is 10.6. The molecule has 0 amide bonds. The van der Waals surface area contributed by atoms with Crippen LogP contribution in [-0.4, -0.2) is 26.3 Å². The van der Waals surface area contributed by atoms with E-state index in [1.54, 1.807) is 7.11 Å². The number of hydrogen-bond acceptors (Lipinski definition) is 3. The van der Waals surface area contributed by atoms with Gasteiger partial charge in [0, 0.05) is 7.11 Å². The summed E-state index contributed by atoms with van der Waals surface area (Å²) in [5.74, 6) is 0.258. The standard InChI is InChI=1S/C15H24O3/c1-6-14(18-10-17-5)12-8-7-11(2)13(9-16)15(12,3)4/h6,9,12,14H,1,7-8,10H2,2-5H3. The van der Waals surface area contributed by atoms with Crippen molar-refractivity contribution in [3.05, 3.63) is 23.8 Å². The highest BCUT2D eigenvalue weighted by atomic mass is 16.7. The van der Waals surface area contributed by atoms with Crippen LogP contribution in [0.3, 0.4) is 0 Å². The van der Waals surface area contributed by atoms with Gasteiger partial charge in [-0.15, -0.1) is 6.58 Å². The maximum atomic E-state index is 11.3. The number of ether oxygens (including phenoxy) is 2. The Labute approximate surface area is 110 Å². The van der Waals surface area contributed by atoms with Gasteiger partial charge in [-0.3, -0.25) is 4.79 Å². The SMILES string of the molecule is C=CC(OCOC)C1CCC(C)=C(C=O)C1(C)C. The Morgan fingerprint density at radius 3 is 2.72 bits per heavy atom. The van der Waals surface area contributed by atoms with E-state index in [4.69, 9.17) is 9.47 Å². The van der Waals surface area contributed by atoms with Crippen LogP contribution >= 0.6 is 0 Å². The Kier molecular flexibility index (Phi) is 5.29. The third kappa shape index (κ3) is 2.90. The molecule has 0 aromatic rings. The lowest BCUT2D eigenvalue weighted by Crippen LogP contribution is -2.39. The molecule has 0 heterocycles. The van der Waals surface area contributed by atoms with Crippen LogP contribution in [0, 0.1) is 11.3 Å². The van der Waals surface area contributed by atoms with E-state index in [0.717, 1.165) is 24.7 Å². The van der Waals surface area contributed by atoms with Crippen molar-refractivity contribution in [1.82, 2.24) is 0 Å². The Hall–Kier alpha value is -0.930. The molecule has 3 nitrogen and oxygen atoms in total. The average Bonchev–Trinajstić information content (AvgIpc) is 2.32. The van der Waals surface area contributed by atoms with Gasteiger partial charge in [0.05, 0.1) is 6.10 Å². The number of carbonyl (C=O) groups is 1. The van der Waals surface area contributed by atoms with Gasteiger partial charge in [0.2, 0.25) is 0 Å². The van der Waals surface area contributed by atoms with Gasteiger partial charge in [-0.2, -0.15) is 0 Å². The normalized spacial score (nSPS) is 24.8. The van der Waals surface area contributed by atoms with E-state index in [0.29, 0.717) is 0 Å². The van der Waals surface area contributed by atoms with Crippen LogP contribution < -0.4 is 0 Å². The molecule has 0 fully saturated rings. The highest BCUT2D eigenvalue weighted by molar-refractivity contribution is 5.77. The van der Waals surface area contributed by atoms with E-state index in [9.17, 15) is 4.79 Å². The summed E-state index contributed by atoms with van der Waals surface area (Å²) in [7, 11) is 1.60. The molecular formula is C15H24O3. The molecule has 0 bridgehead atoms. The van der Waals surface area contributed by atoms with Gasteiger partial charge in [-0.25, -0.2) is 0 Å². The first kappa shape index (κ1) is 15.1. The largest absolute Gasteiger partial charge is 0.359 e. The third-order valence-corrected chi connectivity index (χ3v) is 4.04. The minimum Gasteiger partial charge on any atom is -0.359 e. The fraction of sp³-hybridized carbons (Fsp3) is 0.667. The number of aldehydes is 1. The smallest absolute Gasteiger partial charge is 0.147 e. The summed E-state index contributed by atoms with van der Waals surface area (Å²) in [5.41, 5.74) is 1.92. The zero-order valence-electron chi connectivity index (χ0n) is 11.9. The summed E-state index contributed by atoms with van der Waals surface area (Å²) >= 11 is 0. The predicted octanol–water partition coefficient (Wildman–Crippen LogP) is 3.11. The van der Waals surface area contributed by atoms with E-state index in [-0.39, 0.29) is 24.2 Å². The summed E-state index contributed by atoms with van der Waals surface area (Å²) in [5, 5.41) is 0. The second-order valence-electron chi connectivity index (χ2n) is 5.45. The van der Waals surface area contributed by atoms with Gasteiger partial charge < -0.3 is 9.47 Å². The Morgan fingerprint density at radius 1 is 1.56 bits per heavy atom. The van der Waals surface area contributed by atoms with E-state index >= 15 is 0 Å². The molecule has 3 heteroatoms. The molecule has 1 aliphatic rings. The van der Waals surface area contributed by atoms with Crippen molar-refractivity contribution in [1.29, 1.82) is 0 Å². The molecule has 0 saturated heterocycles. The fourth-order valence-electron chi connectivity index (χ4n) is 2.94. The van der Waals surface area contributed by atoms with Crippen LogP contribution in [0.5, 0.6) is 0 Å². The van der Waals surface area contributed by atoms with E-state index in [1.807, 2.05) is 13.0 Å². The third-order valence-electron chi connectivity index (χ3n) is 4.04. The summed E-state index contributed by atoms with van der Waals surface area (Å²) in [6, 6.07) is 0. The molecular weight excluding hydrogens is 228 g/mol. The second kappa shape index (κ2) is 6.30. The summed E-state index contributed by atoms with van der Waals surface area (Å²) in [6.07, 6.45) is 4.69. The van der Waals surface area contributed by atoms with E-state index in [2.05, 4.69) is 20.4 Å². The van der Waals surface area contributed by atoms with Gasteiger partial charge in [0.15, 0.2) is 0 Å². The van der Waals surface area contributed by atoms with Crippen molar-refractivity contribution < 1.29 is 14.3 Å². The van der Waals surface area contributed by atoms with Crippen molar-refractivity contribution in [2.24, 2.45) is 11.3 Å². The first-order chi connectivity index (χ1) is 8.48. The van der Waals surface area contributed by atoms with Gasteiger partial charge in [0.25, 0.3) is 0 Å². The molecule has 0 spiro atoms. The number of hydrogen-bond donors (Lipinski definition) is 0. The monoisotopic (exact) mass is 252 g/mol. The Bertz CT molecular complexity index is 342. The lowest BCUT2D eigenvalue weighted by atomic mass is 9.64. The number of allylic oxidation sites excluding steroid dienone is 2. The first-order valence-electron chi connectivity index (χ1n) is 6.37. The van der Waals surface area contributed by atoms with Crippen LogP contribution in [-0.2, 0) is 14.3 Å². The van der Waals surface area contributed by atoms with Crippen molar-refractivity contribution >= 4 is 6.29 Å². The Morgan fingerprint density at radius 2 is 2.22 bits per heavy atom. The molecule has 0 aromatic carbocycles. The van der Waals surface area contributed by atoms with Crippen LogP contribution in [0.2, 0.25) is 0 Å². The van der Waals surface area contributed by atoms with E-state index in [1.165, 1.54) is 5.57 Å². The molecule has 0 aliphatic heterocycles. The van der Waals surface area contributed by atoms with Crippen LogP contribution in [0.25, 0.3) is 0 Å². The lowest BCUT2D eigenvalue weighted by molar-refractivity contribution is -0.108. The molecule has 1 aliphatic carbocycles. The van der Waals surface area contributed by atoms with Crippen molar-refractivity contribution in [3.63, 3.8) is 0 Å². The minimum atomic E-state index is -0.184. The van der Waals surface area contributed by atoms with Gasteiger partial charge in [-0.05, 0) is 36.7 Å². The molecule has 0 saturated carbocycles. The summed E-state index contributed by atoms with van der Waals surface area (Å²) in [4.78, 5) is 11.3. The quantitative estimate of drug-likeness (QED) is 0.414. The van der Waals surface area contributed by atoms with E-state index < -0.39 is 0 Å². The van der Waals surface area contributed by atoms with Crippen LogP contribution in [0.1, 0.15) is 33.6 Å². The number of carbonyl (C=O) groups excluding carboxylic acids is 1. The fourth-order valence-corrected chi connectivity index (χ4v) is 2.94. The lowest BCUT2D eigenvalue weighted by Gasteiger charge is -2.42. The molecule has 0 radical (unpaired) electrons. The first-order valence-corrected chi connectivity index (χ1v) is 6.37. The molecule has 2 atom stereocenters. The van der Waals surface area contributed by atoms with Gasteiger partial charge in [-0.1, -0.05) is 25.5 Å². The van der Waals surface area contributed by atoms with Crippen LogP contribution in [0.15, 0.2) is 23.8 Å². The van der Waals surface area contributed by atoms with Crippen molar-refractivity contribution in [2.45, 2.75) is 39.7 Å². The predicted molar refractivity (Wildman–Crippen MR) is 72.2 cm³/mol. The molecule has 18 heavy (non-hydrogen) atoms. The highest BCUT2D eigenvalue weighted by Crippen LogP contribution is 2.46. The molecule has 2 unspecified atom stereocenters. The summed E-state index contributed by atoms with van der Waals surface area (Å²) in [6.45, 7) is 10.4. The van der Waals surface area contributed by atoms with Gasteiger partial charge in [0.1, 0.15) is 13.1 Å². The van der Waals surface area contributed by atoms with Gasteiger partial charge >= 0.3 is 0 Å². The van der Waals surface area contributed by atoms with Crippen molar-refractivity contribution in [2.75, 3.05) is 13.9 Å². The zero-order chi connectivity index (χ0) is 13.8.